The molecule has 4 heteroatoms. The molecule has 0 amide bonds. The molecule has 0 aromatic heterocycles. The van der Waals surface area contributed by atoms with Gasteiger partial charge in [0, 0.05) is 19.6 Å². The van der Waals surface area contributed by atoms with Gasteiger partial charge >= 0.3 is 5.97 Å². The zero-order chi connectivity index (χ0) is 13.2. The summed E-state index contributed by atoms with van der Waals surface area (Å²) >= 11 is 0. The Balaban J connectivity index is 1.92. The van der Waals surface area contributed by atoms with Crippen molar-refractivity contribution in [1.29, 1.82) is 0 Å². The number of hydrogen-bond donors (Lipinski definition) is 2. The smallest absolute Gasteiger partial charge is 0.324 e. The van der Waals surface area contributed by atoms with Crippen molar-refractivity contribution in [2.75, 3.05) is 26.2 Å². The number of nitrogens with one attached hydrogen (secondary N) is 1. The number of rotatable bonds is 9. The molecule has 18 heavy (non-hydrogen) atoms. The average Bonchev–Trinajstić information content (AvgIpc) is 3.13. The first kappa shape index (κ1) is 13.8. The number of carboxylic acid groups (broad SMARTS) is 1. The van der Waals surface area contributed by atoms with E-state index < -0.39 is 11.5 Å². The molecular weight excluding hydrogens is 228 g/mol. The Morgan fingerprint density at radius 1 is 1.28 bits per heavy atom. The van der Waals surface area contributed by atoms with Crippen LogP contribution in [0.15, 0.2) is 0 Å². The van der Waals surface area contributed by atoms with Crippen LogP contribution in [-0.2, 0) is 4.79 Å². The summed E-state index contributed by atoms with van der Waals surface area (Å²) in [5.41, 5.74) is -0.807. The van der Waals surface area contributed by atoms with Crippen LogP contribution in [0.2, 0.25) is 0 Å². The van der Waals surface area contributed by atoms with Crippen molar-refractivity contribution in [2.45, 2.75) is 45.1 Å². The maximum absolute atomic E-state index is 11.5. The van der Waals surface area contributed by atoms with Crippen LogP contribution in [0.25, 0.3) is 0 Å². The van der Waals surface area contributed by atoms with Gasteiger partial charge in [0.1, 0.15) is 5.54 Å². The number of carboxylic acids is 1. The van der Waals surface area contributed by atoms with E-state index in [-0.39, 0.29) is 0 Å². The van der Waals surface area contributed by atoms with E-state index in [1.54, 1.807) is 0 Å². The van der Waals surface area contributed by atoms with E-state index in [1.165, 1.54) is 25.7 Å². The van der Waals surface area contributed by atoms with Gasteiger partial charge < -0.3 is 15.3 Å². The zero-order valence-corrected chi connectivity index (χ0v) is 11.6. The third-order valence-corrected chi connectivity index (χ3v) is 4.01. The molecule has 0 aromatic carbocycles. The summed E-state index contributed by atoms with van der Waals surface area (Å²) in [5, 5.41) is 12.6. The summed E-state index contributed by atoms with van der Waals surface area (Å²) in [5.74, 6) is 0.910. The molecule has 0 radical (unpaired) electrons. The van der Waals surface area contributed by atoms with Crippen molar-refractivity contribution in [2.24, 2.45) is 11.8 Å². The van der Waals surface area contributed by atoms with E-state index in [0.29, 0.717) is 13.1 Å². The van der Waals surface area contributed by atoms with Gasteiger partial charge in [-0.3, -0.25) is 4.79 Å². The SMILES string of the molecule is CCNC(C)(CN(CC1CC1)CC1CC1)C(=O)O. The normalized spacial score (nSPS) is 23.1. The third-order valence-electron chi connectivity index (χ3n) is 4.01. The van der Waals surface area contributed by atoms with Gasteiger partial charge in [-0.15, -0.1) is 0 Å². The molecular formula is C14H26N2O2. The fraction of sp³-hybridized carbons (Fsp3) is 0.929. The summed E-state index contributed by atoms with van der Waals surface area (Å²) in [6, 6.07) is 0. The van der Waals surface area contributed by atoms with Gasteiger partial charge in [-0.05, 0) is 51.0 Å². The number of aliphatic carboxylic acids is 1. The first-order chi connectivity index (χ1) is 8.53. The quantitative estimate of drug-likeness (QED) is 0.655. The second-order valence-electron chi connectivity index (χ2n) is 6.25. The van der Waals surface area contributed by atoms with Gasteiger partial charge in [0.2, 0.25) is 0 Å². The van der Waals surface area contributed by atoms with E-state index in [2.05, 4.69) is 10.2 Å². The molecule has 1 atom stereocenters. The Morgan fingerprint density at radius 2 is 1.78 bits per heavy atom. The minimum absolute atomic E-state index is 0.628. The molecule has 0 aliphatic heterocycles. The molecule has 0 heterocycles. The standard InChI is InChI=1S/C14H26N2O2/c1-3-15-14(2,13(17)18)10-16(8-11-4-5-11)9-12-6-7-12/h11-12,15H,3-10H2,1-2H3,(H,17,18). The number of carbonyl (C=O) groups is 1. The second-order valence-corrected chi connectivity index (χ2v) is 6.25. The lowest BCUT2D eigenvalue weighted by molar-refractivity contribution is -0.145. The molecule has 2 saturated carbocycles. The van der Waals surface area contributed by atoms with Crippen LogP contribution in [0.3, 0.4) is 0 Å². The highest BCUT2D eigenvalue weighted by molar-refractivity contribution is 5.78. The summed E-state index contributed by atoms with van der Waals surface area (Å²) < 4.78 is 0. The maximum atomic E-state index is 11.5. The molecule has 2 aliphatic carbocycles. The van der Waals surface area contributed by atoms with E-state index in [1.807, 2.05) is 13.8 Å². The van der Waals surface area contributed by atoms with E-state index >= 15 is 0 Å². The van der Waals surface area contributed by atoms with Gasteiger partial charge in [-0.25, -0.2) is 0 Å². The summed E-state index contributed by atoms with van der Waals surface area (Å²) in [4.78, 5) is 13.8. The Labute approximate surface area is 110 Å². The first-order valence-electron chi connectivity index (χ1n) is 7.24. The minimum atomic E-state index is -0.807. The summed E-state index contributed by atoms with van der Waals surface area (Å²) in [6.07, 6.45) is 5.30. The molecule has 2 aliphatic rings. The predicted molar refractivity (Wildman–Crippen MR) is 71.6 cm³/mol. The van der Waals surface area contributed by atoms with Gasteiger partial charge in [-0.1, -0.05) is 6.92 Å². The Morgan fingerprint density at radius 3 is 2.11 bits per heavy atom. The minimum Gasteiger partial charge on any atom is -0.480 e. The number of hydrogen-bond acceptors (Lipinski definition) is 3. The van der Waals surface area contributed by atoms with Crippen molar-refractivity contribution in [3.63, 3.8) is 0 Å². The van der Waals surface area contributed by atoms with E-state index in [4.69, 9.17) is 0 Å². The van der Waals surface area contributed by atoms with Gasteiger partial charge in [0.25, 0.3) is 0 Å². The molecule has 0 spiro atoms. The lowest BCUT2D eigenvalue weighted by atomic mass is 10.0. The number of likely N-dealkylation sites (N-methyl/N-ethyl adjacent to an activating group) is 1. The Bertz CT molecular complexity index is 286. The van der Waals surface area contributed by atoms with Crippen LogP contribution in [0, 0.1) is 11.8 Å². The highest BCUT2D eigenvalue weighted by Gasteiger charge is 2.37. The molecule has 2 rings (SSSR count). The highest BCUT2D eigenvalue weighted by Crippen LogP contribution is 2.34. The lowest BCUT2D eigenvalue weighted by Crippen LogP contribution is -2.57. The summed E-state index contributed by atoms with van der Waals surface area (Å²) in [6.45, 7) is 7.28. The van der Waals surface area contributed by atoms with Crippen LogP contribution in [-0.4, -0.2) is 47.7 Å². The van der Waals surface area contributed by atoms with Gasteiger partial charge in [-0.2, -0.15) is 0 Å². The monoisotopic (exact) mass is 254 g/mol. The van der Waals surface area contributed by atoms with E-state index in [9.17, 15) is 9.90 Å². The third kappa shape index (κ3) is 3.95. The fourth-order valence-corrected chi connectivity index (χ4v) is 2.57. The second kappa shape index (κ2) is 5.57. The molecule has 2 fully saturated rings. The van der Waals surface area contributed by atoms with Crippen molar-refractivity contribution in [3.05, 3.63) is 0 Å². The molecule has 1 unspecified atom stereocenters. The predicted octanol–water partition coefficient (Wildman–Crippen LogP) is 1.56. The van der Waals surface area contributed by atoms with Crippen LogP contribution in [0.4, 0.5) is 0 Å². The summed E-state index contributed by atoms with van der Waals surface area (Å²) in [7, 11) is 0. The maximum Gasteiger partial charge on any atom is 0.324 e. The zero-order valence-electron chi connectivity index (χ0n) is 11.6. The van der Waals surface area contributed by atoms with Crippen molar-refractivity contribution in [3.8, 4) is 0 Å². The largest absolute Gasteiger partial charge is 0.480 e. The molecule has 4 nitrogen and oxygen atoms in total. The topological polar surface area (TPSA) is 52.6 Å². The van der Waals surface area contributed by atoms with E-state index in [0.717, 1.165) is 24.9 Å². The van der Waals surface area contributed by atoms with Crippen LogP contribution >= 0.6 is 0 Å². The molecule has 0 aromatic rings. The van der Waals surface area contributed by atoms with Crippen LogP contribution in [0.1, 0.15) is 39.5 Å². The fourth-order valence-electron chi connectivity index (χ4n) is 2.57. The Hall–Kier alpha value is -0.610. The highest BCUT2D eigenvalue weighted by atomic mass is 16.4. The molecule has 104 valence electrons. The molecule has 2 N–H and O–H groups in total. The van der Waals surface area contributed by atoms with Crippen LogP contribution in [0.5, 0.6) is 0 Å². The van der Waals surface area contributed by atoms with Crippen molar-refractivity contribution in [1.82, 2.24) is 10.2 Å². The molecule has 0 bridgehead atoms. The van der Waals surface area contributed by atoms with Crippen LogP contribution < -0.4 is 5.32 Å². The van der Waals surface area contributed by atoms with Gasteiger partial charge in [0.05, 0.1) is 0 Å². The average molecular weight is 254 g/mol. The first-order valence-corrected chi connectivity index (χ1v) is 7.24. The molecule has 0 saturated heterocycles. The van der Waals surface area contributed by atoms with Crippen molar-refractivity contribution < 1.29 is 9.90 Å². The van der Waals surface area contributed by atoms with Gasteiger partial charge in [0.15, 0.2) is 0 Å². The Kier molecular flexibility index (Phi) is 4.28. The number of nitrogens with zero attached hydrogens (tertiary/aromatic N) is 1. The van der Waals surface area contributed by atoms with Crippen molar-refractivity contribution >= 4 is 5.97 Å². The lowest BCUT2D eigenvalue weighted by Gasteiger charge is -2.33.